The zero-order valence-electron chi connectivity index (χ0n) is 23.6. The lowest BCUT2D eigenvalue weighted by molar-refractivity contribution is 0.397. The van der Waals surface area contributed by atoms with E-state index in [1.54, 1.807) is 21.3 Å². The maximum atomic E-state index is 6.00. The summed E-state index contributed by atoms with van der Waals surface area (Å²) in [4.78, 5) is 0. The topological polar surface area (TPSA) is 27.7 Å². The summed E-state index contributed by atoms with van der Waals surface area (Å²) in [7, 11) is 4.94. The summed E-state index contributed by atoms with van der Waals surface area (Å²) in [6.07, 6.45) is 13.6. The van der Waals surface area contributed by atoms with E-state index in [0.717, 1.165) is 34.1 Å². The lowest BCUT2D eigenvalue weighted by Gasteiger charge is -2.41. The van der Waals surface area contributed by atoms with Crippen molar-refractivity contribution in [3.05, 3.63) is 60.2 Å². The first-order chi connectivity index (χ1) is 18.7. The fourth-order valence-electron chi connectivity index (χ4n) is 6.88. The lowest BCUT2D eigenvalue weighted by atomic mass is 9.94. The summed E-state index contributed by atoms with van der Waals surface area (Å²) in [5, 5.41) is 1.54. The minimum Gasteiger partial charge on any atom is -0.496 e. The summed E-state index contributed by atoms with van der Waals surface area (Å²) in [5.74, 6) is 2.71. The van der Waals surface area contributed by atoms with Crippen molar-refractivity contribution in [1.29, 1.82) is 0 Å². The summed E-state index contributed by atoms with van der Waals surface area (Å²) >= 11 is 0. The monoisotopic (exact) mass is 530 g/mol. The molecule has 0 saturated heterocycles. The third-order valence-corrected chi connectivity index (χ3v) is 12.3. The van der Waals surface area contributed by atoms with Crippen molar-refractivity contribution in [2.45, 2.75) is 82.4 Å². The number of rotatable bonds is 8. The zero-order chi connectivity index (χ0) is 26.5. The van der Waals surface area contributed by atoms with Gasteiger partial charge in [0.15, 0.2) is 0 Å². The number of hydrogen-bond donors (Lipinski definition) is 0. The largest absolute Gasteiger partial charge is 0.496 e. The molecule has 2 fully saturated rings. The average molecular weight is 531 g/mol. The summed E-state index contributed by atoms with van der Waals surface area (Å²) in [6.45, 7) is 2.22. The average Bonchev–Trinajstić information content (AvgIpc) is 2.98. The molecule has 0 amide bonds. The molecule has 0 aromatic heterocycles. The van der Waals surface area contributed by atoms with E-state index in [4.69, 9.17) is 14.2 Å². The Hall–Kier alpha value is -2.51. The van der Waals surface area contributed by atoms with Crippen LogP contribution in [-0.2, 0) is 0 Å². The van der Waals surface area contributed by atoms with Crippen molar-refractivity contribution in [3.63, 3.8) is 0 Å². The maximum absolute atomic E-state index is 6.00. The Labute approximate surface area is 230 Å². The zero-order valence-corrected chi connectivity index (χ0v) is 24.5. The standard InChI is InChI=1S/C34H43O3P/c1-24-14-11-21-29(35-2)32(24)27-19-12-20-28(33-30(36-3)22-13-23-31(33)37-4)34(27)38(25-15-7-5-8-16-25)26-17-9-6-10-18-26/h11-14,19-23,25-26H,5-10,15-18H2,1-4H3. The molecule has 3 aromatic carbocycles. The van der Waals surface area contributed by atoms with Crippen molar-refractivity contribution in [3.8, 4) is 39.5 Å². The van der Waals surface area contributed by atoms with Crippen molar-refractivity contribution in [2.75, 3.05) is 21.3 Å². The second kappa shape index (κ2) is 12.6. The Bertz CT molecular complexity index is 1180. The molecule has 2 saturated carbocycles. The van der Waals surface area contributed by atoms with Gasteiger partial charge in [0.05, 0.1) is 26.9 Å². The molecule has 3 aromatic rings. The molecule has 0 heterocycles. The van der Waals surface area contributed by atoms with E-state index in [1.165, 1.54) is 91.8 Å². The van der Waals surface area contributed by atoms with Gasteiger partial charge in [0.2, 0.25) is 0 Å². The predicted octanol–water partition coefficient (Wildman–Crippen LogP) is 9.13. The van der Waals surface area contributed by atoms with Gasteiger partial charge in [-0.2, -0.15) is 0 Å². The number of ether oxygens (including phenoxy) is 3. The SMILES string of the molecule is COc1cccc(C)c1-c1cccc(-c2c(OC)cccc2OC)c1P(C1CCCCC1)C1CCCCC1. The Balaban J connectivity index is 1.84. The van der Waals surface area contributed by atoms with Crippen LogP contribution in [0, 0.1) is 6.92 Å². The van der Waals surface area contributed by atoms with Crippen molar-refractivity contribution in [2.24, 2.45) is 0 Å². The smallest absolute Gasteiger partial charge is 0.130 e. The van der Waals surface area contributed by atoms with E-state index < -0.39 is 7.92 Å². The van der Waals surface area contributed by atoms with Crippen LogP contribution in [0.2, 0.25) is 0 Å². The molecule has 0 aliphatic heterocycles. The summed E-state index contributed by atoms with van der Waals surface area (Å²) in [5.41, 5.74) is 7.73. The van der Waals surface area contributed by atoms with Crippen LogP contribution in [0.3, 0.4) is 0 Å². The number of methoxy groups -OCH3 is 3. The van der Waals surface area contributed by atoms with Gasteiger partial charge in [-0.05, 0) is 84.1 Å². The molecule has 0 spiro atoms. The van der Waals surface area contributed by atoms with Crippen LogP contribution in [0.25, 0.3) is 22.3 Å². The van der Waals surface area contributed by atoms with Gasteiger partial charge in [0.25, 0.3) is 0 Å². The van der Waals surface area contributed by atoms with Crippen molar-refractivity contribution < 1.29 is 14.2 Å². The summed E-state index contributed by atoms with van der Waals surface area (Å²) in [6, 6.07) is 19.5. The molecule has 5 rings (SSSR count). The molecule has 38 heavy (non-hydrogen) atoms. The molecular weight excluding hydrogens is 487 g/mol. The lowest BCUT2D eigenvalue weighted by Crippen LogP contribution is -2.28. The van der Waals surface area contributed by atoms with Crippen LogP contribution in [0.15, 0.2) is 54.6 Å². The van der Waals surface area contributed by atoms with E-state index in [-0.39, 0.29) is 0 Å². The quantitative estimate of drug-likeness (QED) is 0.272. The number of benzene rings is 3. The first-order valence-electron chi connectivity index (χ1n) is 14.4. The number of hydrogen-bond acceptors (Lipinski definition) is 3. The van der Waals surface area contributed by atoms with Gasteiger partial charge in [0, 0.05) is 5.56 Å². The van der Waals surface area contributed by atoms with Crippen LogP contribution in [0.5, 0.6) is 17.2 Å². The van der Waals surface area contributed by atoms with Gasteiger partial charge < -0.3 is 14.2 Å². The third kappa shape index (κ3) is 5.32. The highest BCUT2D eigenvalue weighted by Gasteiger charge is 2.36. The maximum Gasteiger partial charge on any atom is 0.130 e. The molecule has 3 nitrogen and oxygen atoms in total. The first-order valence-corrected chi connectivity index (χ1v) is 15.9. The highest BCUT2D eigenvalue weighted by Crippen LogP contribution is 2.59. The molecule has 0 radical (unpaired) electrons. The second-order valence-electron chi connectivity index (χ2n) is 10.9. The molecule has 2 aliphatic rings. The van der Waals surface area contributed by atoms with E-state index in [9.17, 15) is 0 Å². The highest BCUT2D eigenvalue weighted by molar-refractivity contribution is 7.67. The Morgan fingerprint density at radius 3 is 1.47 bits per heavy atom. The van der Waals surface area contributed by atoms with Gasteiger partial charge in [0.1, 0.15) is 17.2 Å². The first kappa shape index (κ1) is 27.1. The Morgan fingerprint density at radius 2 is 0.974 bits per heavy atom. The molecule has 0 unspecified atom stereocenters. The molecule has 2 aliphatic carbocycles. The van der Waals surface area contributed by atoms with E-state index in [1.807, 2.05) is 6.07 Å². The van der Waals surface area contributed by atoms with Crippen LogP contribution < -0.4 is 19.5 Å². The van der Waals surface area contributed by atoms with Crippen LogP contribution >= 0.6 is 7.92 Å². The number of aryl methyl sites for hydroxylation is 1. The molecule has 0 N–H and O–H groups in total. The van der Waals surface area contributed by atoms with E-state index in [0.29, 0.717) is 0 Å². The Morgan fingerprint density at radius 1 is 0.553 bits per heavy atom. The Kier molecular flexibility index (Phi) is 8.95. The minimum atomic E-state index is -0.412. The van der Waals surface area contributed by atoms with E-state index in [2.05, 4.69) is 55.5 Å². The van der Waals surface area contributed by atoms with Crippen molar-refractivity contribution >= 4 is 13.2 Å². The fourth-order valence-corrected chi connectivity index (χ4v) is 11.0. The van der Waals surface area contributed by atoms with Gasteiger partial charge in [-0.15, -0.1) is 0 Å². The molecule has 0 bridgehead atoms. The molecular formula is C34H43O3P. The molecule has 0 atom stereocenters. The molecule has 4 heteroatoms. The van der Waals surface area contributed by atoms with Crippen LogP contribution in [-0.4, -0.2) is 32.6 Å². The van der Waals surface area contributed by atoms with Gasteiger partial charge in [-0.25, -0.2) is 0 Å². The second-order valence-corrected chi connectivity index (χ2v) is 13.6. The van der Waals surface area contributed by atoms with Gasteiger partial charge in [-0.1, -0.05) is 82.8 Å². The van der Waals surface area contributed by atoms with Gasteiger partial charge in [-0.3, -0.25) is 0 Å². The van der Waals surface area contributed by atoms with Crippen LogP contribution in [0.1, 0.15) is 69.8 Å². The van der Waals surface area contributed by atoms with Crippen LogP contribution in [0.4, 0.5) is 0 Å². The summed E-state index contributed by atoms with van der Waals surface area (Å²) < 4.78 is 18.0. The van der Waals surface area contributed by atoms with E-state index >= 15 is 0 Å². The third-order valence-electron chi connectivity index (χ3n) is 8.65. The normalized spacial score (nSPS) is 17.0. The highest BCUT2D eigenvalue weighted by atomic mass is 31.1. The predicted molar refractivity (Wildman–Crippen MR) is 162 cm³/mol. The molecule has 202 valence electrons. The van der Waals surface area contributed by atoms with Crippen molar-refractivity contribution in [1.82, 2.24) is 0 Å². The fraction of sp³-hybridized carbons (Fsp3) is 0.471. The van der Waals surface area contributed by atoms with Gasteiger partial charge >= 0.3 is 0 Å². The minimum absolute atomic E-state index is 0.412.